The molecular weight excluding hydrogens is 397 g/mol. The summed E-state index contributed by atoms with van der Waals surface area (Å²) in [5.74, 6) is -1.16. The molecule has 3 rings (SSSR count). The van der Waals surface area contributed by atoms with Crippen molar-refractivity contribution < 1.29 is 9.18 Å². The van der Waals surface area contributed by atoms with Gasteiger partial charge < -0.3 is 27.0 Å². The van der Waals surface area contributed by atoms with Gasteiger partial charge in [0.05, 0.1) is 5.56 Å². The van der Waals surface area contributed by atoms with Crippen molar-refractivity contribution in [2.75, 3.05) is 25.0 Å². The number of amides is 1. The van der Waals surface area contributed by atoms with E-state index in [2.05, 4.69) is 10.6 Å². The molecule has 0 aliphatic carbocycles. The SMILES string of the molecule is N=C(N)NCCc1ccc(NC(=O)c2ccc(C3=CCN(C(=N)N)CC3)cc2F)cc1. The van der Waals surface area contributed by atoms with Crippen molar-refractivity contribution in [3.8, 4) is 0 Å². The second kappa shape index (κ2) is 9.75. The average molecular weight is 423 g/mol. The molecule has 2 aromatic carbocycles. The van der Waals surface area contributed by atoms with Gasteiger partial charge in [0, 0.05) is 25.3 Å². The molecule has 31 heavy (non-hydrogen) atoms. The van der Waals surface area contributed by atoms with E-state index < -0.39 is 11.7 Å². The third kappa shape index (κ3) is 5.81. The Morgan fingerprint density at radius 2 is 1.87 bits per heavy atom. The van der Waals surface area contributed by atoms with Crippen molar-refractivity contribution in [1.29, 1.82) is 10.8 Å². The van der Waals surface area contributed by atoms with Crippen LogP contribution in [0.15, 0.2) is 48.5 Å². The van der Waals surface area contributed by atoms with Crippen LogP contribution in [-0.4, -0.2) is 42.4 Å². The summed E-state index contributed by atoms with van der Waals surface area (Å²) >= 11 is 0. The number of carbonyl (C=O) groups is 1. The predicted molar refractivity (Wildman–Crippen MR) is 120 cm³/mol. The summed E-state index contributed by atoms with van der Waals surface area (Å²) in [5, 5.41) is 20.1. The van der Waals surface area contributed by atoms with Crippen LogP contribution in [-0.2, 0) is 6.42 Å². The van der Waals surface area contributed by atoms with Crippen LogP contribution < -0.4 is 22.1 Å². The van der Waals surface area contributed by atoms with Crippen LogP contribution in [0, 0.1) is 16.6 Å². The summed E-state index contributed by atoms with van der Waals surface area (Å²) in [6.07, 6.45) is 3.26. The molecule has 2 aromatic rings. The van der Waals surface area contributed by atoms with E-state index in [-0.39, 0.29) is 17.5 Å². The number of carbonyl (C=O) groups excluding carboxylic acids is 1. The zero-order valence-corrected chi connectivity index (χ0v) is 17.0. The Bertz CT molecular complexity index is 1020. The molecule has 0 fully saturated rings. The third-order valence-electron chi connectivity index (χ3n) is 5.08. The smallest absolute Gasteiger partial charge is 0.258 e. The minimum Gasteiger partial charge on any atom is -0.370 e. The van der Waals surface area contributed by atoms with Gasteiger partial charge in [-0.05, 0) is 53.8 Å². The van der Waals surface area contributed by atoms with Gasteiger partial charge >= 0.3 is 0 Å². The number of nitrogens with two attached hydrogens (primary N) is 2. The van der Waals surface area contributed by atoms with E-state index in [1.807, 2.05) is 18.2 Å². The van der Waals surface area contributed by atoms with Gasteiger partial charge in [-0.25, -0.2) is 4.39 Å². The maximum atomic E-state index is 14.6. The molecule has 8 N–H and O–H groups in total. The first-order valence-corrected chi connectivity index (χ1v) is 9.89. The van der Waals surface area contributed by atoms with Crippen LogP contribution >= 0.6 is 0 Å². The zero-order valence-electron chi connectivity index (χ0n) is 17.0. The number of nitrogens with zero attached hydrogens (tertiary/aromatic N) is 1. The van der Waals surface area contributed by atoms with Crippen LogP contribution in [0.1, 0.15) is 27.9 Å². The van der Waals surface area contributed by atoms with Gasteiger partial charge in [0.15, 0.2) is 11.9 Å². The minimum atomic E-state index is -0.586. The van der Waals surface area contributed by atoms with Crippen molar-refractivity contribution in [2.45, 2.75) is 12.8 Å². The summed E-state index contributed by atoms with van der Waals surface area (Å²) in [6, 6.07) is 11.8. The second-order valence-corrected chi connectivity index (χ2v) is 7.25. The molecule has 1 heterocycles. The van der Waals surface area contributed by atoms with Gasteiger partial charge in [-0.2, -0.15) is 0 Å². The second-order valence-electron chi connectivity index (χ2n) is 7.25. The molecule has 0 atom stereocenters. The summed E-state index contributed by atoms with van der Waals surface area (Å²) < 4.78 is 14.6. The van der Waals surface area contributed by atoms with Crippen molar-refractivity contribution in [3.63, 3.8) is 0 Å². The van der Waals surface area contributed by atoms with Crippen molar-refractivity contribution in [1.82, 2.24) is 10.2 Å². The van der Waals surface area contributed by atoms with Gasteiger partial charge in [0.1, 0.15) is 5.82 Å². The highest BCUT2D eigenvalue weighted by atomic mass is 19.1. The largest absolute Gasteiger partial charge is 0.370 e. The molecule has 1 aliphatic heterocycles. The molecule has 0 saturated carbocycles. The Hall–Kier alpha value is -3.88. The third-order valence-corrected chi connectivity index (χ3v) is 5.08. The predicted octanol–water partition coefficient (Wildman–Crippen LogP) is 2.09. The lowest BCUT2D eigenvalue weighted by molar-refractivity contribution is 0.102. The molecule has 0 aromatic heterocycles. The first kappa shape index (κ1) is 21.8. The standard InChI is InChI=1S/C22H26FN7O/c23-19-13-16(15-8-11-30(12-9-15)22(26)27)3-6-18(19)20(31)29-17-4-1-14(2-5-17)7-10-28-21(24)25/h1-6,8,13H,7,9-12H2,(H3,26,27)(H,29,31)(H4,24,25,28). The lowest BCUT2D eigenvalue weighted by Crippen LogP contribution is -2.39. The summed E-state index contributed by atoms with van der Waals surface area (Å²) in [5.41, 5.74) is 14.0. The molecule has 0 radical (unpaired) electrons. The number of hydrogen-bond acceptors (Lipinski definition) is 3. The van der Waals surface area contributed by atoms with Gasteiger partial charge in [-0.15, -0.1) is 0 Å². The number of benzene rings is 2. The number of hydrogen-bond donors (Lipinski definition) is 6. The Balaban J connectivity index is 1.62. The van der Waals surface area contributed by atoms with Gasteiger partial charge in [-0.3, -0.25) is 15.6 Å². The fourth-order valence-electron chi connectivity index (χ4n) is 3.34. The quantitative estimate of drug-likeness (QED) is 0.311. The van der Waals surface area contributed by atoms with E-state index in [9.17, 15) is 9.18 Å². The number of guanidine groups is 2. The molecule has 0 bridgehead atoms. The number of rotatable bonds is 6. The molecule has 0 unspecified atom stereocenters. The lowest BCUT2D eigenvalue weighted by Gasteiger charge is -2.26. The number of anilines is 1. The van der Waals surface area contributed by atoms with E-state index >= 15 is 0 Å². The highest BCUT2D eigenvalue weighted by Crippen LogP contribution is 2.24. The highest BCUT2D eigenvalue weighted by Gasteiger charge is 2.17. The fraction of sp³-hybridized carbons (Fsp3) is 0.227. The Labute approximate surface area is 180 Å². The van der Waals surface area contributed by atoms with Crippen LogP contribution in [0.2, 0.25) is 0 Å². The van der Waals surface area contributed by atoms with Crippen LogP contribution in [0.3, 0.4) is 0 Å². The monoisotopic (exact) mass is 423 g/mol. The molecule has 9 heteroatoms. The molecule has 1 amide bonds. The summed E-state index contributed by atoms with van der Waals surface area (Å²) in [4.78, 5) is 14.2. The average Bonchev–Trinajstić information content (AvgIpc) is 2.74. The van der Waals surface area contributed by atoms with Crippen molar-refractivity contribution >= 4 is 29.1 Å². The van der Waals surface area contributed by atoms with Gasteiger partial charge in [0.25, 0.3) is 5.91 Å². The maximum Gasteiger partial charge on any atom is 0.258 e. The van der Waals surface area contributed by atoms with E-state index in [4.69, 9.17) is 22.3 Å². The number of nitrogens with one attached hydrogen (secondary N) is 4. The van der Waals surface area contributed by atoms with Crippen molar-refractivity contribution in [2.24, 2.45) is 11.5 Å². The molecular formula is C22H26FN7O. The minimum absolute atomic E-state index is 0.0225. The number of halogens is 1. The Morgan fingerprint density at radius 1 is 1.13 bits per heavy atom. The van der Waals surface area contributed by atoms with E-state index in [1.54, 1.807) is 23.1 Å². The molecule has 0 saturated heterocycles. The summed E-state index contributed by atoms with van der Waals surface area (Å²) in [6.45, 7) is 1.66. The van der Waals surface area contributed by atoms with Gasteiger partial charge in [-0.1, -0.05) is 24.3 Å². The van der Waals surface area contributed by atoms with Gasteiger partial charge in [0.2, 0.25) is 0 Å². The highest BCUT2D eigenvalue weighted by molar-refractivity contribution is 6.04. The zero-order chi connectivity index (χ0) is 22.4. The molecule has 1 aliphatic rings. The van der Waals surface area contributed by atoms with E-state index in [0.717, 1.165) is 16.7 Å². The first-order valence-electron chi connectivity index (χ1n) is 9.89. The fourth-order valence-corrected chi connectivity index (χ4v) is 3.34. The van der Waals surface area contributed by atoms with E-state index in [0.29, 0.717) is 38.2 Å². The first-order chi connectivity index (χ1) is 14.8. The Morgan fingerprint density at radius 3 is 2.45 bits per heavy atom. The molecule has 0 spiro atoms. The topological polar surface area (TPSA) is 144 Å². The molecule has 8 nitrogen and oxygen atoms in total. The maximum absolute atomic E-state index is 14.6. The Kier molecular flexibility index (Phi) is 6.86. The van der Waals surface area contributed by atoms with Crippen LogP contribution in [0.4, 0.5) is 10.1 Å². The lowest BCUT2D eigenvalue weighted by atomic mass is 9.98. The van der Waals surface area contributed by atoms with Crippen LogP contribution in [0.25, 0.3) is 5.57 Å². The summed E-state index contributed by atoms with van der Waals surface area (Å²) in [7, 11) is 0. The van der Waals surface area contributed by atoms with Crippen LogP contribution in [0.5, 0.6) is 0 Å². The normalized spacial score (nSPS) is 13.3. The molecule has 162 valence electrons. The van der Waals surface area contributed by atoms with Crippen molar-refractivity contribution in [3.05, 3.63) is 71.0 Å². The van der Waals surface area contributed by atoms with E-state index in [1.165, 1.54) is 12.1 Å².